The first kappa shape index (κ1) is 19.8. The monoisotopic (exact) mass is 442 g/mol. The molecular weight excluding hydrogens is 427 g/mol. The summed E-state index contributed by atoms with van der Waals surface area (Å²) >= 11 is 15.3. The Labute approximate surface area is 165 Å². The van der Waals surface area contributed by atoms with Crippen LogP contribution in [0.25, 0.3) is 0 Å². The number of halogens is 3. The van der Waals surface area contributed by atoms with Crippen LogP contribution in [-0.4, -0.2) is 17.4 Å². The Morgan fingerprint density at radius 3 is 2.36 bits per heavy atom. The van der Waals surface area contributed by atoms with Crippen molar-refractivity contribution in [2.24, 2.45) is 0 Å². The van der Waals surface area contributed by atoms with Gasteiger partial charge >= 0.3 is 0 Å². The zero-order valence-electron chi connectivity index (χ0n) is 13.6. The summed E-state index contributed by atoms with van der Waals surface area (Å²) in [5, 5.41) is 6.24. The number of benzene rings is 2. The normalized spacial score (nSPS) is 12.4. The molecule has 0 heterocycles. The van der Waals surface area contributed by atoms with E-state index in [-0.39, 0.29) is 5.91 Å². The molecular formula is C18H17BrCl2N2O2. The Bertz CT molecular complexity index is 782. The highest BCUT2D eigenvalue weighted by molar-refractivity contribution is 9.09. The molecule has 0 aromatic heterocycles. The van der Waals surface area contributed by atoms with Gasteiger partial charge in [0.2, 0.25) is 11.8 Å². The van der Waals surface area contributed by atoms with Gasteiger partial charge in [-0.25, -0.2) is 0 Å². The van der Waals surface area contributed by atoms with Crippen LogP contribution in [-0.2, 0) is 9.59 Å². The third-order valence-electron chi connectivity index (χ3n) is 3.50. The largest absolute Gasteiger partial charge is 0.341 e. The van der Waals surface area contributed by atoms with Crippen LogP contribution >= 0.6 is 39.1 Å². The third kappa shape index (κ3) is 5.21. The number of carbonyl (C=O) groups is 2. The molecule has 132 valence electrons. The van der Waals surface area contributed by atoms with Crippen LogP contribution in [0.2, 0.25) is 10.0 Å². The van der Waals surface area contributed by atoms with Crippen molar-refractivity contribution in [3.05, 3.63) is 64.1 Å². The minimum absolute atomic E-state index is 0.316. The number of anilines is 1. The number of nitrogens with one attached hydrogen (secondary N) is 2. The van der Waals surface area contributed by atoms with Crippen LogP contribution < -0.4 is 10.6 Å². The SMILES string of the molecule is CC(C)(NC(=O)C(Br)c1ccccc1)C(=O)Nc1cc(Cl)ccc1Cl. The quantitative estimate of drug-likeness (QED) is 0.641. The molecule has 0 saturated carbocycles. The van der Waals surface area contributed by atoms with E-state index in [2.05, 4.69) is 26.6 Å². The van der Waals surface area contributed by atoms with E-state index in [1.165, 1.54) is 0 Å². The van der Waals surface area contributed by atoms with Crippen LogP contribution in [0.4, 0.5) is 5.69 Å². The molecule has 1 atom stereocenters. The first-order valence-electron chi connectivity index (χ1n) is 7.48. The Morgan fingerprint density at radius 2 is 1.72 bits per heavy atom. The Hall–Kier alpha value is -1.56. The maximum absolute atomic E-state index is 12.5. The number of hydrogen-bond acceptors (Lipinski definition) is 2. The van der Waals surface area contributed by atoms with Gasteiger partial charge in [0.05, 0.1) is 10.7 Å². The summed E-state index contributed by atoms with van der Waals surface area (Å²) in [6, 6.07) is 14.0. The molecule has 0 saturated heterocycles. The molecule has 2 aromatic carbocycles. The van der Waals surface area contributed by atoms with E-state index in [0.717, 1.165) is 5.56 Å². The lowest BCUT2D eigenvalue weighted by atomic mass is 10.0. The molecule has 0 bridgehead atoms. The summed E-state index contributed by atoms with van der Waals surface area (Å²) in [6.45, 7) is 3.23. The molecule has 0 spiro atoms. The van der Waals surface area contributed by atoms with E-state index in [4.69, 9.17) is 23.2 Å². The van der Waals surface area contributed by atoms with Gasteiger partial charge in [0.25, 0.3) is 0 Å². The highest BCUT2D eigenvalue weighted by Crippen LogP contribution is 2.27. The van der Waals surface area contributed by atoms with Gasteiger partial charge in [-0.3, -0.25) is 9.59 Å². The predicted octanol–water partition coefficient (Wildman–Crippen LogP) is 4.96. The van der Waals surface area contributed by atoms with Crippen LogP contribution in [0, 0.1) is 0 Å². The van der Waals surface area contributed by atoms with Crippen molar-refractivity contribution < 1.29 is 9.59 Å². The van der Waals surface area contributed by atoms with Crippen LogP contribution in [0.15, 0.2) is 48.5 Å². The molecule has 0 fully saturated rings. The maximum atomic E-state index is 12.5. The second-order valence-electron chi connectivity index (χ2n) is 5.97. The molecule has 0 aliphatic heterocycles. The summed E-state index contributed by atoms with van der Waals surface area (Å²) < 4.78 is 0. The van der Waals surface area contributed by atoms with E-state index in [9.17, 15) is 9.59 Å². The molecule has 2 aromatic rings. The Morgan fingerprint density at radius 1 is 1.08 bits per heavy atom. The van der Waals surface area contributed by atoms with Crippen LogP contribution in [0.3, 0.4) is 0 Å². The summed E-state index contributed by atoms with van der Waals surface area (Å²) in [5.41, 5.74) is 0.0396. The second kappa shape index (κ2) is 8.21. The number of alkyl halides is 1. The summed E-state index contributed by atoms with van der Waals surface area (Å²) in [6.07, 6.45) is 0. The predicted molar refractivity (Wildman–Crippen MR) is 105 cm³/mol. The smallest absolute Gasteiger partial charge is 0.249 e. The number of rotatable bonds is 5. The second-order valence-corrected chi connectivity index (χ2v) is 7.73. The Kier molecular flexibility index (Phi) is 6.49. The van der Waals surface area contributed by atoms with Gasteiger partial charge < -0.3 is 10.6 Å². The standard InChI is InChI=1S/C18H17BrCl2N2O2/c1-18(2,17(25)22-14-10-12(20)8-9-13(14)21)23-16(24)15(19)11-6-4-3-5-7-11/h3-10,15H,1-2H3,(H,22,25)(H,23,24). The fraction of sp³-hybridized carbons (Fsp3) is 0.222. The lowest BCUT2D eigenvalue weighted by Crippen LogP contribution is -2.53. The van der Waals surface area contributed by atoms with E-state index in [1.807, 2.05) is 30.3 Å². The average Bonchev–Trinajstić information content (AvgIpc) is 2.57. The van der Waals surface area contributed by atoms with Gasteiger partial charge in [0, 0.05) is 5.02 Å². The fourth-order valence-electron chi connectivity index (χ4n) is 2.07. The van der Waals surface area contributed by atoms with Crippen molar-refractivity contribution in [3.63, 3.8) is 0 Å². The van der Waals surface area contributed by atoms with Crippen molar-refractivity contribution in [2.75, 3.05) is 5.32 Å². The van der Waals surface area contributed by atoms with Crippen molar-refractivity contribution >= 4 is 56.6 Å². The first-order valence-corrected chi connectivity index (χ1v) is 9.15. The molecule has 0 radical (unpaired) electrons. The third-order valence-corrected chi connectivity index (χ3v) is 5.01. The van der Waals surface area contributed by atoms with E-state index < -0.39 is 16.3 Å². The molecule has 25 heavy (non-hydrogen) atoms. The summed E-state index contributed by atoms with van der Waals surface area (Å²) in [7, 11) is 0. The minimum Gasteiger partial charge on any atom is -0.341 e. The van der Waals surface area contributed by atoms with Gasteiger partial charge in [-0.1, -0.05) is 69.5 Å². The number of hydrogen-bond donors (Lipinski definition) is 2. The number of amides is 2. The first-order chi connectivity index (χ1) is 11.7. The molecule has 1 unspecified atom stereocenters. The highest BCUT2D eigenvalue weighted by atomic mass is 79.9. The molecule has 7 heteroatoms. The van der Waals surface area contributed by atoms with Crippen molar-refractivity contribution in [1.82, 2.24) is 5.32 Å². The fourth-order valence-corrected chi connectivity index (χ4v) is 2.83. The molecule has 2 amide bonds. The summed E-state index contributed by atoms with van der Waals surface area (Å²) in [5.74, 6) is -0.721. The number of carbonyl (C=O) groups excluding carboxylic acids is 2. The highest BCUT2D eigenvalue weighted by Gasteiger charge is 2.32. The molecule has 4 nitrogen and oxygen atoms in total. The van der Waals surface area contributed by atoms with Gasteiger partial charge in [-0.05, 0) is 37.6 Å². The van der Waals surface area contributed by atoms with Crippen LogP contribution in [0.1, 0.15) is 24.2 Å². The van der Waals surface area contributed by atoms with Gasteiger partial charge in [-0.2, -0.15) is 0 Å². The zero-order chi connectivity index (χ0) is 18.6. The molecule has 0 aliphatic rings. The Balaban J connectivity index is 2.08. The van der Waals surface area contributed by atoms with E-state index >= 15 is 0 Å². The molecule has 0 aliphatic carbocycles. The minimum atomic E-state index is -1.15. The van der Waals surface area contributed by atoms with Gasteiger partial charge in [0.15, 0.2) is 0 Å². The lowest BCUT2D eigenvalue weighted by molar-refractivity contribution is -0.129. The van der Waals surface area contributed by atoms with Crippen molar-refractivity contribution in [3.8, 4) is 0 Å². The van der Waals surface area contributed by atoms with Crippen molar-refractivity contribution in [2.45, 2.75) is 24.2 Å². The topological polar surface area (TPSA) is 58.2 Å². The average molecular weight is 444 g/mol. The van der Waals surface area contributed by atoms with E-state index in [0.29, 0.717) is 15.7 Å². The van der Waals surface area contributed by atoms with E-state index in [1.54, 1.807) is 32.0 Å². The maximum Gasteiger partial charge on any atom is 0.249 e. The molecule has 2 N–H and O–H groups in total. The van der Waals surface area contributed by atoms with Crippen LogP contribution in [0.5, 0.6) is 0 Å². The summed E-state index contributed by atoms with van der Waals surface area (Å²) in [4.78, 5) is 24.4. The zero-order valence-corrected chi connectivity index (χ0v) is 16.7. The van der Waals surface area contributed by atoms with Crippen molar-refractivity contribution in [1.29, 1.82) is 0 Å². The lowest BCUT2D eigenvalue weighted by Gasteiger charge is -2.26. The molecule has 2 rings (SSSR count). The van der Waals surface area contributed by atoms with Gasteiger partial charge in [0.1, 0.15) is 10.4 Å². The van der Waals surface area contributed by atoms with Gasteiger partial charge in [-0.15, -0.1) is 0 Å².